The molecule has 0 aromatic heterocycles. The van der Waals surface area contributed by atoms with Gasteiger partial charge in [-0.1, -0.05) is 26.8 Å². The summed E-state index contributed by atoms with van der Waals surface area (Å²) < 4.78 is 53.2. The minimum absolute atomic E-state index is 0.0178. The first kappa shape index (κ1) is 20.0. The van der Waals surface area contributed by atoms with E-state index in [1.54, 1.807) is 13.8 Å². The van der Waals surface area contributed by atoms with Gasteiger partial charge in [-0.3, -0.25) is 0 Å². The molecule has 0 fully saturated rings. The van der Waals surface area contributed by atoms with Gasteiger partial charge in [0.2, 0.25) is 20.0 Å². The van der Waals surface area contributed by atoms with Gasteiger partial charge in [-0.15, -0.1) is 0 Å². The van der Waals surface area contributed by atoms with Crippen LogP contribution < -0.4 is 10.0 Å². The summed E-state index contributed by atoms with van der Waals surface area (Å²) in [6.45, 7) is 7.56. The van der Waals surface area contributed by atoms with Crippen molar-refractivity contribution in [3.05, 3.63) is 24.3 Å². The van der Waals surface area contributed by atoms with Crippen LogP contribution in [0.5, 0.6) is 0 Å². The lowest BCUT2D eigenvalue weighted by Crippen LogP contribution is -2.32. The number of nitrogens with one attached hydrogen (secondary N) is 2. The highest BCUT2D eigenvalue weighted by Crippen LogP contribution is 2.19. The maximum absolute atomic E-state index is 12.5. The van der Waals surface area contributed by atoms with Crippen molar-refractivity contribution < 1.29 is 16.8 Å². The van der Waals surface area contributed by atoms with Crippen LogP contribution in [0.1, 0.15) is 20.8 Å². The maximum Gasteiger partial charge on any atom is 0.243 e. The van der Waals surface area contributed by atoms with Crippen LogP contribution in [0.2, 0.25) is 0 Å². The Morgan fingerprint density at radius 3 is 2.13 bits per heavy atom. The molecule has 0 saturated carbocycles. The minimum atomic E-state index is -3.74. The molecule has 0 aliphatic rings. The van der Waals surface area contributed by atoms with Crippen LogP contribution in [0, 0.1) is 0 Å². The molecular formula is C14H25N3O4S2. The molecule has 0 heterocycles. The zero-order valence-electron chi connectivity index (χ0n) is 13.7. The Labute approximate surface area is 139 Å². The highest BCUT2D eigenvalue weighted by molar-refractivity contribution is 7.90. The highest BCUT2D eigenvalue weighted by atomic mass is 32.2. The molecule has 0 atom stereocenters. The lowest BCUT2D eigenvalue weighted by Gasteiger charge is -2.18. The molecule has 0 bridgehead atoms. The van der Waals surface area contributed by atoms with Crippen molar-refractivity contribution in [1.82, 2.24) is 14.3 Å². The summed E-state index contributed by atoms with van der Waals surface area (Å²) in [5, 5.41) is 3.01. The molecule has 1 aromatic rings. The average Bonchev–Trinajstić information content (AvgIpc) is 2.52. The standard InChI is InChI=1S/C14H25N3O4S2/c1-4-15-10-11-16-22(18,19)13-8-7-9-14(12-13)23(20,21)17(5-2)6-3/h7-9,12,15-16H,4-6,10-11H2,1-3H3. The van der Waals surface area contributed by atoms with E-state index in [4.69, 9.17) is 0 Å². The quantitative estimate of drug-likeness (QED) is 0.594. The zero-order chi connectivity index (χ0) is 17.5. The number of likely N-dealkylation sites (N-methyl/N-ethyl adjacent to an activating group) is 1. The van der Waals surface area contributed by atoms with E-state index < -0.39 is 20.0 Å². The van der Waals surface area contributed by atoms with Crippen LogP contribution in [-0.4, -0.2) is 53.9 Å². The van der Waals surface area contributed by atoms with E-state index in [0.29, 0.717) is 19.6 Å². The fourth-order valence-electron chi connectivity index (χ4n) is 2.05. The van der Waals surface area contributed by atoms with E-state index in [1.165, 1.54) is 28.6 Å². The van der Waals surface area contributed by atoms with Gasteiger partial charge in [0.1, 0.15) is 0 Å². The molecule has 0 unspecified atom stereocenters. The molecule has 0 spiro atoms. The normalized spacial score (nSPS) is 12.7. The fourth-order valence-corrected chi connectivity index (χ4v) is 4.70. The van der Waals surface area contributed by atoms with E-state index in [1.807, 2.05) is 6.92 Å². The molecule has 9 heteroatoms. The summed E-state index contributed by atoms with van der Waals surface area (Å²) >= 11 is 0. The predicted molar refractivity (Wildman–Crippen MR) is 90.3 cm³/mol. The smallest absolute Gasteiger partial charge is 0.243 e. The summed E-state index contributed by atoms with van der Waals surface area (Å²) in [5.41, 5.74) is 0. The average molecular weight is 364 g/mol. The molecule has 0 aliphatic carbocycles. The van der Waals surface area contributed by atoms with Gasteiger partial charge in [-0.05, 0) is 24.7 Å². The van der Waals surface area contributed by atoms with Crippen LogP contribution in [0.25, 0.3) is 0 Å². The van der Waals surface area contributed by atoms with Crippen molar-refractivity contribution in [2.45, 2.75) is 30.6 Å². The first-order valence-electron chi connectivity index (χ1n) is 7.60. The molecule has 0 aliphatic heterocycles. The van der Waals surface area contributed by atoms with Gasteiger partial charge in [-0.25, -0.2) is 21.6 Å². The van der Waals surface area contributed by atoms with Gasteiger partial charge >= 0.3 is 0 Å². The first-order valence-corrected chi connectivity index (χ1v) is 10.5. The van der Waals surface area contributed by atoms with E-state index in [2.05, 4.69) is 10.0 Å². The highest BCUT2D eigenvalue weighted by Gasteiger charge is 2.23. The van der Waals surface area contributed by atoms with Crippen molar-refractivity contribution in [3.63, 3.8) is 0 Å². The van der Waals surface area contributed by atoms with Gasteiger partial charge in [-0.2, -0.15) is 4.31 Å². The largest absolute Gasteiger partial charge is 0.316 e. The van der Waals surface area contributed by atoms with Crippen molar-refractivity contribution in [3.8, 4) is 0 Å². The van der Waals surface area contributed by atoms with E-state index in [0.717, 1.165) is 6.54 Å². The van der Waals surface area contributed by atoms with Crippen molar-refractivity contribution in [2.24, 2.45) is 0 Å². The Hall–Kier alpha value is -1.00. The van der Waals surface area contributed by atoms with Crippen LogP contribution in [0.3, 0.4) is 0 Å². The fraction of sp³-hybridized carbons (Fsp3) is 0.571. The third-order valence-corrected chi connectivity index (χ3v) is 6.81. The third kappa shape index (κ3) is 5.25. The minimum Gasteiger partial charge on any atom is -0.316 e. The van der Waals surface area contributed by atoms with Crippen LogP contribution >= 0.6 is 0 Å². The predicted octanol–water partition coefficient (Wildman–Crippen LogP) is 0.605. The Balaban J connectivity index is 3.05. The van der Waals surface area contributed by atoms with Crippen molar-refractivity contribution in [1.29, 1.82) is 0 Å². The summed E-state index contributed by atoms with van der Waals surface area (Å²) in [5.74, 6) is 0. The number of rotatable bonds is 10. The number of benzene rings is 1. The Morgan fingerprint density at radius 2 is 1.57 bits per heavy atom. The SMILES string of the molecule is CCNCCNS(=O)(=O)c1cccc(S(=O)(=O)N(CC)CC)c1. The summed E-state index contributed by atoms with van der Waals surface area (Å²) in [6.07, 6.45) is 0. The van der Waals surface area contributed by atoms with E-state index >= 15 is 0 Å². The molecule has 1 aromatic carbocycles. The lowest BCUT2D eigenvalue weighted by molar-refractivity contribution is 0.445. The van der Waals surface area contributed by atoms with Gasteiger partial charge in [0.25, 0.3) is 0 Å². The number of sulfonamides is 2. The topological polar surface area (TPSA) is 95.6 Å². The number of hydrogen-bond acceptors (Lipinski definition) is 5. The molecule has 0 radical (unpaired) electrons. The second kappa shape index (κ2) is 8.74. The summed E-state index contributed by atoms with van der Waals surface area (Å²) in [6, 6.07) is 5.43. The zero-order valence-corrected chi connectivity index (χ0v) is 15.4. The van der Waals surface area contributed by atoms with Gasteiger partial charge < -0.3 is 5.32 Å². The number of nitrogens with zero attached hydrogens (tertiary/aromatic N) is 1. The molecule has 2 N–H and O–H groups in total. The first-order chi connectivity index (χ1) is 10.8. The maximum atomic E-state index is 12.5. The van der Waals surface area contributed by atoms with E-state index in [-0.39, 0.29) is 16.3 Å². The number of hydrogen-bond donors (Lipinski definition) is 2. The van der Waals surface area contributed by atoms with Gasteiger partial charge in [0.05, 0.1) is 9.79 Å². The van der Waals surface area contributed by atoms with Gasteiger partial charge in [0.15, 0.2) is 0 Å². The molecule has 0 amide bonds. The van der Waals surface area contributed by atoms with Crippen molar-refractivity contribution in [2.75, 3.05) is 32.7 Å². The third-order valence-electron chi connectivity index (χ3n) is 3.30. The molecule has 7 nitrogen and oxygen atoms in total. The Kier molecular flexibility index (Phi) is 7.62. The molecule has 0 saturated heterocycles. The van der Waals surface area contributed by atoms with Crippen LogP contribution in [0.4, 0.5) is 0 Å². The molecular weight excluding hydrogens is 338 g/mol. The van der Waals surface area contributed by atoms with Crippen LogP contribution in [-0.2, 0) is 20.0 Å². The van der Waals surface area contributed by atoms with Crippen LogP contribution in [0.15, 0.2) is 34.1 Å². The molecule has 23 heavy (non-hydrogen) atoms. The summed E-state index contributed by atoms with van der Waals surface area (Å²) in [4.78, 5) is -0.0713. The Bertz CT molecular complexity index is 698. The van der Waals surface area contributed by atoms with Crippen molar-refractivity contribution >= 4 is 20.0 Å². The van der Waals surface area contributed by atoms with Gasteiger partial charge in [0, 0.05) is 26.2 Å². The second-order valence-corrected chi connectivity index (χ2v) is 8.52. The molecule has 1 rings (SSSR count). The Morgan fingerprint density at radius 1 is 0.957 bits per heavy atom. The van der Waals surface area contributed by atoms with E-state index in [9.17, 15) is 16.8 Å². The monoisotopic (exact) mass is 363 g/mol. The molecule has 132 valence electrons. The second-order valence-electron chi connectivity index (χ2n) is 4.82. The lowest BCUT2D eigenvalue weighted by atomic mass is 10.4. The summed E-state index contributed by atoms with van der Waals surface area (Å²) in [7, 11) is -7.42.